The average Bonchev–Trinajstić information content (AvgIpc) is 2.48. The third-order valence-electron chi connectivity index (χ3n) is 2.57. The summed E-state index contributed by atoms with van der Waals surface area (Å²) in [6.45, 7) is 0. The molecule has 0 amide bonds. The van der Waals surface area contributed by atoms with Crippen LogP contribution in [0.4, 0.5) is 5.69 Å². The lowest BCUT2D eigenvalue weighted by atomic mass is 10.2. The number of ether oxygens (including phenoxy) is 2. The Labute approximate surface area is 114 Å². The van der Waals surface area contributed by atoms with Crippen molar-refractivity contribution in [3.05, 3.63) is 58.1 Å². The molecule has 0 aromatic heterocycles. The molecule has 0 aliphatic carbocycles. The van der Waals surface area contributed by atoms with Gasteiger partial charge in [-0.15, -0.1) is 0 Å². The van der Waals surface area contributed by atoms with Crippen molar-refractivity contribution < 1.29 is 14.4 Å². The fraction of sp³-hybridized carbons (Fsp3) is 0.0714. The molecule has 0 unspecified atom stereocenters. The van der Waals surface area contributed by atoms with Gasteiger partial charge in [0.05, 0.1) is 29.7 Å². The SMILES string of the molecule is COc1ccc(Oc2ccc(C#N)cc2)c([N+](=O)[O-])c1. The molecule has 100 valence electrons. The Hall–Kier alpha value is -3.07. The molecule has 6 heteroatoms. The van der Waals surface area contributed by atoms with Crippen LogP contribution in [0.5, 0.6) is 17.2 Å². The van der Waals surface area contributed by atoms with Crippen molar-refractivity contribution in [2.45, 2.75) is 0 Å². The smallest absolute Gasteiger partial charge is 0.315 e. The minimum absolute atomic E-state index is 0.112. The Morgan fingerprint density at radius 3 is 2.35 bits per heavy atom. The van der Waals surface area contributed by atoms with E-state index in [4.69, 9.17) is 14.7 Å². The quantitative estimate of drug-likeness (QED) is 0.628. The molecule has 0 aliphatic heterocycles. The van der Waals surface area contributed by atoms with Crippen molar-refractivity contribution >= 4 is 5.69 Å². The van der Waals surface area contributed by atoms with Gasteiger partial charge in [-0.1, -0.05) is 0 Å². The minimum Gasteiger partial charge on any atom is -0.496 e. The van der Waals surface area contributed by atoms with E-state index in [1.54, 1.807) is 30.3 Å². The molecule has 0 fully saturated rings. The van der Waals surface area contributed by atoms with Crippen molar-refractivity contribution in [1.82, 2.24) is 0 Å². The molecule has 0 saturated carbocycles. The largest absolute Gasteiger partial charge is 0.496 e. The van der Waals surface area contributed by atoms with Crippen LogP contribution in [0.15, 0.2) is 42.5 Å². The van der Waals surface area contributed by atoms with Crippen LogP contribution in [-0.4, -0.2) is 12.0 Å². The van der Waals surface area contributed by atoms with E-state index in [1.807, 2.05) is 6.07 Å². The molecule has 0 radical (unpaired) electrons. The lowest BCUT2D eigenvalue weighted by Gasteiger charge is -2.07. The zero-order valence-corrected chi connectivity index (χ0v) is 10.6. The number of hydrogen-bond donors (Lipinski definition) is 0. The van der Waals surface area contributed by atoms with Gasteiger partial charge in [-0.2, -0.15) is 5.26 Å². The van der Waals surface area contributed by atoms with E-state index < -0.39 is 4.92 Å². The second-order valence-corrected chi connectivity index (χ2v) is 3.83. The van der Waals surface area contributed by atoms with Crippen LogP contribution in [0.1, 0.15) is 5.56 Å². The summed E-state index contributed by atoms with van der Waals surface area (Å²) in [5.41, 5.74) is 0.301. The Kier molecular flexibility index (Phi) is 3.82. The molecule has 0 bridgehead atoms. The standard InChI is InChI=1S/C14H10N2O4/c1-19-12-6-7-14(13(8-12)16(17)18)20-11-4-2-10(9-15)3-5-11/h2-8H,1H3. The number of nitrogens with zero attached hydrogens (tertiary/aromatic N) is 2. The van der Waals surface area contributed by atoms with E-state index >= 15 is 0 Å². The molecule has 2 rings (SSSR count). The summed E-state index contributed by atoms with van der Waals surface area (Å²) >= 11 is 0. The Morgan fingerprint density at radius 2 is 1.80 bits per heavy atom. The molecule has 6 nitrogen and oxygen atoms in total. The lowest BCUT2D eigenvalue weighted by Crippen LogP contribution is -1.94. The highest BCUT2D eigenvalue weighted by molar-refractivity contribution is 5.52. The van der Waals surface area contributed by atoms with Gasteiger partial charge in [0.15, 0.2) is 0 Å². The Bertz CT molecular complexity index is 675. The van der Waals surface area contributed by atoms with E-state index in [2.05, 4.69) is 0 Å². The Balaban J connectivity index is 2.32. The normalized spacial score (nSPS) is 9.60. The Morgan fingerprint density at radius 1 is 1.15 bits per heavy atom. The van der Waals surface area contributed by atoms with Gasteiger partial charge in [0.25, 0.3) is 0 Å². The van der Waals surface area contributed by atoms with Crippen molar-refractivity contribution in [2.24, 2.45) is 0 Å². The summed E-state index contributed by atoms with van der Waals surface area (Å²) in [7, 11) is 1.43. The number of rotatable bonds is 4. The van der Waals surface area contributed by atoms with Crippen LogP contribution in [0, 0.1) is 21.4 Å². The number of benzene rings is 2. The first-order valence-corrected chi connectivity index (χ1v) is 5.64. The van der Waals surface area contributed by atoms with E-state index in [9.17, 15) is 10.1 Å². The molecule has 0 aliphatic rings. The zero-order chi connectivity index (χ0) is 14.5. The van der Waals surface area contributed by atoms with Gasteiger partial charge in [0.1, 0.15) is 11.5 Å². The van der Waals surface area contributed by atoms with Crippen molar-refractivity contribution in [1.29, 1.82) is 5.26 Å². The van der Waals surface area contributed by atoms with E-state index in [0.717, 1.165) is 0 Å². The summed E-state index contributed by atoms with van der Waals surface area (Å²) in [6, 6.07) is 12.6. The summed E-state index contributed by atoms with van der Waals surface area (Å²) < 4.78 is 10.4. The molecular weight excluding hydrogens is 260 g/mol. The van der Waals surface area contributed by atoms with Crippen LogP contribution in [0.2, 0.25) is 0 Å². The van der Waals surface area contributed by atoms with Crippen molar-refractivity contribution in [3.8, 4) is 23.3 Å². The van der Waals surface area contributed by atoms with Crippen LogP contribution in [0.3, 0.4) is 0 Å². The molecule has 0 N–H and O–H groups in total. The number of nitriles is 1. The number of nitro benzene ring substituents is 1. The highest BCUT2D eigenvalue weighted by Gasteiger charge is 2.17. The number of nitro groups is 1. The van der Waals surface area contributed by atoms with Crippen LogP contribution in [-0.2, 0) is 0 Å². The van der Waals surface area contributed by atoms with E-state index in [1.165, 1.54) is 19.2 Å². The first-order chi connectivity index (χ1) is 9.63. The average molecular weight is 270 g/mol. The van der Waals surface area contributed by atoms with Gasteiger partial charge in [0, 0.05) is 0 Å². The van der Waals surface area contributed by atoms with E-state index in [0.29, 0.717) is 17.1 Å². The zero-order valence-electron chi connectivity index (χ0n) is 10.6. The number of methoxy groups -OCH3 is 1. The van der Waals surface area contributed by atoms with Gasteiger partial charge in [-0.25, -0.2) is 0 Å². The summed E-state index contributed by atoms with van der Waals surface area (Å²) in [6.07, 6.45) is 0. The van der Waals surface area contributed by atoms with Gasteiger partial charge >= 0.3 is 5.69 Å². The van der Waals surface area contributed by atoms with Gasteiger partial charge in [-0.05, 0) is 36.4 Å². The molecular formula is C14H10N2O4. The summed E-state index contributed by atoms with van der Waals surface area (Å²) in [5.74, 6) is 0.904. The topological polar surface area (TPSA) is 85.4 Å². The minimum atomic E-state index is -0.540. The van der Waals surface area contributed by atoms with E-state index in [-0.39, 0.29) is 11.4 Å². The monoisotopic (exact) mass is 270 g/mol. The molecule has 0 heterocycles. The highest BCUT2D eigenvalue weighted by atomic mass is 16.6. The van der Waals surface area contributed by atoms with Crippen LogP contribution >= 0.6 is 0 Å². The van der Waals surface area contributed by atoms with Gasteiger partial charge in [0.2, 0.25) is 5.75 Å². The maximum atomic E-state index is 11.0. The molecule has 2 aromatic rings. The van der Waals surface area contributed by atoms with Crippen molar-refractivity contribution in [3.63, 3.8) is 0 Å². The molecule has 2 aromatic carbocycles. The van der Waals surface area contributed by atoms with Gasteiger partial charge < -0.3 is 9.47 Å². The third kappa shape index (κ3) is 2.84. The molecule has 0 saturated heterocycles. The van der Waals surface area contributed by atoms with Crippen molar-refractivity contribution in [2.75, 3.05) is 7.11 Å². The molecule has 20 heavy (non-hydrogen) atoms. The highest BCUT2D eigenvalue weighted by Crippen LogP contribution is 2.34. The molecule has 0 atom stereocenters. The maximum Gasteiger partial charge on any atom is 0.315 e. The fourth-order valence-corrected chi connectivity index (χ4v) is 1.58. The third-order valence-corrected chi connectivity index (χ3v) is 2.57. The maximum absolute atomic E-state index is 11.0. The second-order valence-electron chi connectivity index (χ2n) is 3.83. The predicted octanol–water partition coefficient (Wildman–Crippen LogP) is 3.27. The van der Waals surface area contributed by atoms with Crippen LogP contribution < -0.4 is 9.47 Å². The van der Waals surface area contributed by atoms with Gasteiger partial charge in [-0.3, -0.25) is 10.1 Å². The first-order valence-electron chi connectivity index (χ1n) is 5.64. The summed E-state index contributed by atoms with van der Waals surface area (Å²) in [5, 5.41) is 19.7. The van der Waals surface area contributed by atoms with Crippen LogP contribution in [0.25, 0.3) is 0 Å². The lowest BCUT2D eigenvalue weighted by molar-refractivity contribution is -0.385. The summed E-state index contributed by atoms with van der Waals surface area (Å²) in [4.78, 5) is 10.5. The molecule has 0 spiro atoms. The first kappa shape index (κ1) is 13.4. The predicted molar refractivity (Wildman–Crippen MR) is 70.9 cm³/mol. The fourth-order valence-electron chi connectivity index (χ4n) is 1.58. The number of hydrogen-bond acceptors (Lipinski definition) is 5. The second kappa shape index (κ2) is 5.71.